The Morgan fingerprint density at radius 2 is 1.94 bits per heavy atom. The molecule has 0 fully saturated rings. The smallest absolute Gasteiger partial charge is 0.343 e. The first-order valence-corrected chi connectivity index (χ1v) is 11.2. The van der Waals surface area contributed by atoms with Gasteiger partial charge in [-0.1, -0.05) is 18.2 Å². The van der Waals surface area contributed by atoms with Crippen LogP contribution in [0.25, 0.3) is 22.6 Å². The van der Waals surface area contributed by atoms with Crippen molar-refractivity contribution in [1.29, 1.82) is 0 Å². The van der Waals surface area contributed by atoms with E-state index in [0.717, 1.165) is 5.52 Å². The van der Waals surface area contributed by atoms with Crippen LogP contribution in [0.3, 0.4) is 0 Å². The fourth-order valence-corrected chi connectivity index (χ4v) is 3.63. The van der Waals surface area contributed by atoms with E-state index in [-0.39, 0.29) is 23.9 Å². The van der Waals surface area contributed by atoms with Gasteiger partial charge in [-0.05, 0) is 31.2 Å². The Bertz CT molecular complexity index is 1510. The third-order valence-electron chi connectivity index (χ3n) is 5.23. The third kappa shape index (κ3) is 4.53. The van der Waals surface area contributed by atoms with Crippen molar-refractivity contribution in [3.63, 3.8) is 0 Å². The maximum absolute atomic E-state index is 12.6. The number of para-hydroxylation sites is 3. The van der Waals surface area contributed by atoms with Crippen LogP contribution in [0.1, 0.15) is 17.3 Å². The Labute approximate surface area is 206 Å². The predicted octanol–water partition coefficient (Wildman–Crippen LogP) is 4.69. The predicted molar refractivity (Wildman–Crippen MR) is 134 cm³/mol. The van der Waals surface area contributed by atoms with Crippen molar-refractivity contribution >= 4 is 40.3 Å². The zero-order valence-corrected chi connectivity index (χ0v) is 19.8. The number of rotatable bonds is 8. The molecule has 0 spiro atoms. The number of hydrogen-bond acceptors (Lipinski definition) is 10. The second-order valence-corrected chi connectivity index (χ2v) is 7.67. The van der Waals surface area contributed by atoms with E-state index in [1.165, 1.54) is 6.20 Å². The van der Waals surface area contributed by atoms with Crippen LogP contribution in [0.5, 0.6) is 5.75 Å². The van der Waals surface area contributed by atoms with E-state index < -0.39 is 5.97 Å². The summed E-state index contributed by atoms with van der Waals surface area (Å²) in [5, 5.41) is 10.5. The van der Waals surface area contributed by atoms with E-state index in [1.807, 2.05) is 36.4 Å². The lowest BCUT2D eigenvalue weighted by atomic mass is 10.1. The van der Waals surface area contributed by atoms with Crippen LogP contribution in [-0.4, -0.2) is 44.4 Å². The number of aromatic nitrogens is 5. The molecule has 0 bridgehead atoms. The van der Waals surface area contributed by atoms with Crippen LogP contribution in [0, 0.1) is 0 Å². The van der Waals surface area contributed by atoms with Gasteiger partial charge in [-0.15, -0.1) is 0 Å². The minimum atomic E-state index is -0.557. The molecule has 0 saturated carbocycles. The van der Waals surface area contributed by atoms with Crippen molar-refractivity contribution in [2.45, 2.75) is 6.92 Å². The molecule has 182 valence electrons. The highest BCUT2D eigenvalue weighted by Gasteiger charge is 2.21. The van der Waals surface area contributed by atoms with E-state index >= 15 is 0 Å². The molecular formula is C25H23N7O4. The van der Waals surface area contributed by atoms with Gasteiger partial charge in [0.15, 0.2) is 23.0 Å². The number of hydrogen-bond donors (Lipinski definition) is 2. The molecule has 0 amide bonds. The Morgan fingerprint density at radius 1 is 1.08 bits per heavy atom. The molecule has 11 nitrogen and oxygen atoms in total. The molecule has 5 rings (SSSR count). The van der Waals surface area contributed by atoms with Crippen molar-refractivity contribution in [1.82, 2.24) is 24.7 Å². The van der Waals surface area contributed by atoms with Gasteiger partial charge in [-0.25, -0.2) is 14.8 Å². The number of aryl methyl sites for hydroxylation is 1. The minimum absolute atomic E-state index is 0.165. The van der Waals surface area contributed by atoms with Gasteiger partial charge in [0.05, 0.1) is 25.0 Å². The van der Waals surface area contributed by atoms with Gasteiger partial charge >= 0.3 is 5.97 Å². The number of carbonyl (C=O) groups is 1. The number of esters is 1. The summed E-state index contributed by atoms with van der Waals surface area (Å²) in [6.45, 7) is 1.94. The van der Waals surface area contributed by atoms with Crippen molar-refractivity contribution in [2.24, 2.45) is 7.05 Å². The second-order valence-electron chi connectivity index (χ2n) is 7.67. The lowest BCUT2D eigenvalue weighted by molar-refractivity contribution is 0.0526. The average molecular weight is 486 g/mol. The van der Waals surface area contributed by atoms with Crippen LogP contribution in [-0.2, 0) is 11.8 Å². The molecule has 0 saturated heterocycles. The van der Waals surface area contributed by atoms with Gasteiger partial charge in [0.1, 0.15) is 11.1 Å². The molecule has 0 aliphatic rings. The van der Waals surface area contributed by atoms with Gasteiger partial charge in [-0.3, -0.25) is 4.68 Å². The Balaban J connectivity index is 1.54. The minimum Gasteiger partial charge on any atom is -0.494 e. The topological polar surface area (TPSA) is 129 Å². The number of nitrogens with one attached hydrogen (secondary N) is 2. The lowest BCUT2D eigenvalue weighted by Gasteiger charge is -2.15. The highest BCUT2D eigenvalue weighted by atomic mass is 16.5. The van der Waals surface area contributed by atoms with E-state index in [2.05, 4.69) is 30.7 Å². The number of nitrogens with zero attached hydrogens (tertiary/aromatic N) is 5. The molecule has 5 aromatic rings. The number of anilines is 4. The van der Waals surface area contributed by atoms with Crippen LogP contribution < -0.4 is 15.4 Å². The average Bonchev–Trinajstić information content (AvgIpc) is 3.50. The second kappa shape index (κ2) is 9.74. The fourth-order valence-electron chi connectivity index (χ4n) is 3.63. The fraction of sp³-hybridized carbons (Fsp3) is 0.160. The zero-order valence-electron chi connectivity index (χ0n) is 19.8. The number of benzene rings is 2. The summed E-state index contributed by atoms with van der Waals surface area (Å²) in [6.07, 6.45) is 3.19. The summed E-state index contributed by atoms with van der Waals surface area (Å²) in [5.41, 5.74) is 2.75. The SMILES string of the molecule is CCOC(=O)c1cnc(Nc2ccn(C)n2)nc1Nc1cccc(-c2nc3ccccc3o2)c1OC. The Morgan fingerprint density at radius 3 is 2.69 bits per heavy atom. The molecule has 3 aromatic heterocycles. The quantitative estimate of drug-likeness (QED) is 0.299. The largest absolute Gasteiger partial charge is 0.494 e. The molecule has 0 radical (unpaired) electrons. The summed E-state index contributed by atoms with van der Waals surface area (Å²) in [7, 11) is 3.35. The molecule has 11 heteroatoms. The molecule has 36 heavy (non-hydrogen) atoms. The van der Waals surface area contributed by atoms with Crippen molar-refractivity contribution in [2.75, 3.05) is 24.4 Å². The molecule has 3 heterocycles. The monoisotopic (exact) mass is 485 g/mol. The number of oxazole rings is 1. The number of ether oxygens (including phenoxy) is 2. The first-order valence-electron chi connectivity index (χ1n) is 11.2. The first kappa shape index (κ1) is 22.8. The summed E-state index contributed by atoms with van der Waals surface area (Å²) in [4.78, 5) is 26.0. The van der Waals surface area contributed by atoms with Gasteiger partial charge in [-0.2, -0.15) is 10.1 Å². The Kier molecular flexibility index (Phi) is 6.18. The summed E-state index contributed by atoms with van der Waals surface area (Å²) in [6, 6.07) is 14.8. The van der Waals surface area contributed by atoms with Gasteiger partial charge in [0.25, 0.3) is 0 Å². The number of carbonyl (C=O) groups excluding carboxylic acids is 1. The maximum atomic E-state index is 12.6. The molecule has 2 aromatic carbocycles. The van der Waals surface area contributed by atoms with E-state index in [4.69, 9.17) is 13.9 Å². The van der Waals surface area contributed by atoms with Crippen LogP contribution in [0.2, 0.25) is 0 Å². The molecule has 0 aliphatic heterocycles. The van der Waals surface area contributed by atoms with Crippen molar-refractivity contribution in [3.05, 3.63) is 66.5 Å². The molecule has 0 aliphatic carbocycles. The number of fused-ring (bicyclic) bond motifs is 1. The summed E-state index contributed by atoms with van der Waals surface area (Å²) >= 11 is 0. The van der Waals surface area contributed by atoms with Crippen molar-refractivity contribution in [3.8, 4) is 17.2 Å². The highest BCUT2D eigenvalue weighted by molar-refractivity contribution is 5.96. The summed E-state index contributed by atoms with van der Waals surface area (Å²) in [5.74, 6) is 1.36. The first-order chi connectivity index (χ1) is 17.6. The molecular weight excluding hydrogens is 462 g/mol. The van der Waals surface area contributed by atoms with Crippen LogP contribution in [0.15, 0.2) is 65.3 Å². The standard InChI is InChI=1S/C25H23N7O4/c1-4-35-24(33)16-14-26-25(29-20-12-13-32(2)31-20)30-22(16)27-18-10-7-8-15(21(18)34-3)23-28-17-9-5-6-11-19(17)36-23/h5-14H,4H2,1-3H3,(H2,26,27,29,30,31). The zero-order chi connectivity index (χ0) is 25.1. The van der Waals surface area contributed by atoms with E-state index in [0.29, 0.717) is 34.3 Å². The highest BCUT2D eigenvalue weighted by Crippen LogP contribution is 2.38. The molecule has 2 N–H and O–H groups in total. The van der Waals surface area contributed by atoms with Gasteiger partial charge < -0.3 is 24.5 Å². The third-order valence-corrected chi connectivity index (χ3v) is 5.23. The van der Waals surface area contributed by atoms with Gasteiger partial charge in [0.2, 0.25) is 11.8 Å². The van der Waals surface area contributed by atoms with E-state index in [9.17, 15) is 4.79 Å². The lowest BCUT2D eigenvalue weighted by Crippen LogP contribution is -2.12. The number of methoxy groups -OCH3 is 1. The van der Waals surface area contributed by atoms with Crippen LogP contribution >= 0.6 is 0 Å². The normalized spacial score (nSPS) is 10.9. The molecule has 0 atom stereocenters. The summed E-state index contributed by atoms with van der Waals surface area (Å²) < 4.78 is 18.5. The van der Waals surface area contributed by atoms with Crippen molar-refractivity contribution < 1.29 is 18.7 Å². The van der Waals surface area contributed by atoms with E-state index in [1.54, 1.807) is 44.1 Å². The molecule has 0 unspecified atom stereocenters. The Hall–Kier alpha value is -4.93. The van der Waals surface area contributed by atoms with Crippen LogP contribution in [0.4, 0.5) is 23.3 Å². The maximum Gasteiger partial charge on any atom is 0.343 e. The van der Waals surface area contributed by atoms with Gasteiger partial charge in [0, 0.05) is 25.5 Å².